The monoisotopic (exact) mass is 440 g/mol. The summed E-state index contributed by atoms with van der Waals surface area (Å²) in [5.74, 6) is 6.40. The molecule has 1 nitrogen and oxygen atoms in total. The van der Waals surface area contributed by atoms with Crippen molar-refractivity contribution in [1.82, 2.24) is 0 Å². The van der Waals surface area contributed by atoms with Gasteiger partial charge in [-0.1, -0.05) is 72.1 Å². The third-order valence-corrected chi connectivity index (χ3v) is 9.25. The van der Waals surface area contributed by atoms with Crippen molar-refractivity contribution in [2.45, 2.75) is 117 Å². The van der Waals surface area contributed by atoms with Gasteiger partial charge in [-0.05, 0) is 92.3 Å². The molecule has 32 heavy (non-hydrogen) atoms. The van der Waals surface area contributed by atoms with E-state index in [0.29, 0.717) is 17.8 Å². The topological polar surface area (TPSA) is 20.2 Å². The molecule has 7 atom stereocenters. The van der Waals surface area contributed by atoms with Gasteiger partial charge in [-0.15, -0.1) is 18.9 Å². The van der Waals surface area contributed by atoms with Crippen LogP contribution in [0, 0.1) is 53.3 Å². The Labute approximate surface area is 200 Å². The Balaban J connectivity index is 2.17. The Bertz CT molecular complexity index is 639. The fraction of sp³-hybridized carbons (Fsp3) is 0.806. The summed E-state index contributed by atoms with van der Waals surface area (Å²) in [7, 11) is 0. The summed E-state index contributed by atoms with van der Waals surface area (Å²) in [5.41, 5.74) is -0.363. The van der Waals surface area contributed by atoms with Crippen molar-refractivity contribution < 1.29 is 5.11 Å². The molecule has 2 aliphatic carbocycles. The average molecular weight is 441 g/mol. The Morgan fingerprint density at radius 2 is 1.91 bits per heavy atom. The first-order valence-corrected chi connectivity index (χ1v) is 13.6. The van der Waals surface area contributed by atoms with Gasteiger partial charge < -0.3 is 5.11 Å². The zero-order valence-electron chi connectivity index (χ0n) is 21.9. The number of fused-ring (bicyclic) bond motifs is 1. The Morgan fingerprint density at radius 1 is 1.16 bits per heavy atom. The molecular formula is C31H52O. The predicted octanol–water partition coefficient (Wildman–Crippen LogP) is 8.58. The highest BCUT2D eigenvalue weighted by molar-refractivity contribution is 5.12. The summed E-state index contributed by atoms with van der Waals surface area (Å²) < 4.78 is 0. The maximum absolute atomic E-state index is 12.3. The molecule has 2 aliphatic rings. The summed E-state index contributed by atoms with van der Waals surface area (Å²) in [6.07, 6.45) is 25.8. The van der Waals surface area contributed by atoms with E-state index in [4.69, 9.17) is 6.42 Å². The number of allylic oxidation sites excluding steroid dienone is 2. The summed E-state index contributed by atoms with van der Waals surface area (Å²) >= 11 is 0. The minimum Gasteiger partial charge on any atom is -0.389 e. The molecule has 0 aromatic rings. The standard InChI is InChI=1S/C31H52O/c1-8-11-12-17-26(14-9-2)23-27-20-22-30(7)28(25(6)16-13-15-24(4)5)18-19-29(30)31(27,32)21-10-3/h2,10-12,24-29,32H,3,8,13-23H2,1,4-7H3/b12-11-/t25-,26?,27+,28?,29?,30?,31?/m1/s1. The highest BCUT2D eigenvalue weighted by Crippen LogP contribution is 2.64. The molecule has 0 amide bonds. The van der Waals surface area contributed by atoms with Gasteiger partial charge in [0.05, 0.1) is 5.60 Å². The van der Waals surface area contributed by atoms with E-state index in [0.717, 1.165) is 56.3 Å². The number of terminal acetylenes is 1. The molecule has 182 valence electrons. The second-order valence-electron chi connectivity index (χ2n) is 11.9. The van der Waals surface area contributed by atoms with Crippen LogP contribution in [-0.2, 0) is 0 Å². The van der Waals surface area contributed by atoms with E-state index in [1.807, 2.05) is 6.08 Å². The lowest BCUT2D eigenvalue weighted by Gasteiger charge is -2.55. The summed E-state index contributed by atoms with van der Waals surface area (Å²) in [6, 6.07) is 0. The van der Waals surface area contributed by atoms with Crippen LogP contribution < -0.4 is 0 Å². The summed E-state index contributed by atoms with van der Waals surface area (Å²) in [4.78, 5) is 0. The normalized spacial score (nSPS) is 34.4. The number of aliphatic hydroxyl groups is 1. The first-order chi connectivity index (χ1) is 15.2. The minimum absolute atomic E-state index is 0.259. The molecule has 1 heteroatoms. The predicted molar refractivity (Wildman–Crippen MR) is 140 cm³/mol. The van der Waals surface area contributed by atoms with Crippen molar-refractivity contribution in [3.8, 4) is 12.3 Å². The lowest BCUT2D eigenvalue weighted by atomic mass is 9.52. The van der Waals surface area contributed by atoms with Crippen LogP contribution in [0.25, 0.3) is 0 Å². The molecule has 0 aliphatic heterocycles. The molecule has 2 fully saturated rings. The van der Waals surface area contributed by atoms with E-state index in [1.165, 1.54) is 38.5 Å². The van der Waals surface area contributed by atoms with Gasteiger partial charge in [0, 0.05) is 6.42 Å². The quantitative estimate of drug-likeness (QED) is 0.224. The van der Waals surface area contributed by atoms with Crippen molar-refractivity contribution in [2.75, 3.05) is 0 Å². The molecular weight excluding hydrogens is 388 g/mol. The Morgan fingerprint density at radius 3 is 2.53 bits per heavy atom. The van der Waals surface area contributed by atoms with E-state index < -0.39 is 5.60 Å². The van der Waals surface area contributed by atoms with Crippen molar-refractivity contribution in [2.24, 2.45) is 40.9 Å². The zero-order valence-corrected chi connectivity index (χ0v) is 21.9. The van der Waals surface area contributed by atoms with Crippen LogP contribution in [-0.4, -0.2) is 10.7 Å². The smallest absolute Gasteiger partial charge is 0.0743 e. The first kappa shape index (κ1) is 27.2. The van der Waals surface area contributed by atoms with E-state index in [-0.39, 0.29) is 5.41 Å². The lowest BCUT2D eigenvalue weighted by Crippen LogP contribution is -2.55. The van der Waals surface area contributed by atoms with Crippen molar-refractivity contribution in [3.63, 3.8) is 0 Å². The van der Waals surface area contributed by atoms with Gasteiger partial charge >= 0.3 is 0 Å². The Hall–Kier alpha value is -1.00. The highest BCUT2D eigenvalue weighted by Gasteiger charge is 2.60. The summed E-state index contributed by atoms with van der Waals surface area (Å²) in [5, 5.41) is 12.3. The fourth-order valence-corrected chi connectivity index (χ4v) is 7.60. The third kappa shape index (κ3) is 6.32. The van der Waals surface area contributed by atoms with E-state index in [1.54, 1.807) is 0 Å². The molecule has 1 N–H and O–H groups in total. The van der Waals surface area contributed by atoms with Crippen LogP contribution in [0.15, 0.2) is 24.8 Å². The van der Waals surface area contributed by atoms with Crippen LogP contribution in [0.4, 0.5) is 0 Å². The second kappa shape index (κ2) is 12.5. The van der Waals surface area contributed by atoms with E-state index in [2.05, 4.69) is 59.3 Å². The van der Waals surface area contributed by atoms with Gasteiger partial charge in [-0.25, -0.2) is 0 Å². The lowest BCUT2D eigenvalue weighted by molar-refractivity contribution is -0.150. The second-order valence-corrected chi connectivity index (χ2v) is 11.9. The number of hydrogen-bond donors (Lipinski definition) is 1. The molecule has 0 saturated heterocycles. The number of rotatable bonds is 13. The maximum Gasteiger partial charge on any atom is 0.0743 e. The SMILES string of the molecule is C#CCC(C/C=C\CC)C[C@@H]1CCC2(C)C([C@H](C)CCCC(C)C)CCC2C1(O)CC=C. The summed E-state index contributed by atoms with van der Waals surface area (Å²) in [6.45, 7) is 15.9. The van der Waals surface area contributed by atoms with Crippen LogP contribution >= 0.6 is 0 Å². The average Bonchev–Trinajstić information content (AvgIpc) is 3.09. The van der Waals surface area contributed by atoms with Crippen LogP contribution in [0.5, 0.6) is 0 Å². The molecule has 0 bridgehead atoms. The van der Waals surface area contributed by atoms with Crippen LogP contribution in [0.3, 0.4) is 0 Å². The molecule has 5 unspecified atom stereocenters. The van der Waals surface area contributed by atoms with E-state index in [9.17, 15) is 5.11 Å². The Kier molecular flexibility index (Phi) is 10.6. The molecule has 0 aromatic heterocycles. The van der Waals surface area contributed by atoms with E-state index >= 15 is 0 Å². The van der Waals surface area contributed by atoms with Crippen LogP contribution in [0.2, 0.25) is 0 Å². The van der Waals surface area contributed by atoms with Crippen LogP contribution in [0.1, 0.15) is 112 Å². The fourth-order valence-electron chi connectivity index (χ4n) is 7.60. The van der Waals surface area contributed by atoms with Gasteiger partial charge in [0.1, 0.15) is 0 Å². The van der Waals surface area contributed by atoms with Gasteiger partial charge in [0.25, 0.3) is 0 Å². The zero-order chi connectivity index (χ0) is 23.8. The van der Waals surface area contributed by atoms with Crippen molar-refractivity contribution in [3.05, 3.63) is 24.8 Å². The van der Waals surface area contributed by atoms with Crippen molar-refractivity contribution >= 4 is 0 Å². The van der Waals surface area contributed by atoms with Gasteiger partial charge in [-0.2, -0.15) is 0 Å². The third-order valence-electron chi connectivity index (χ3n) is 9.25. The molecule has 0 spiro atoms. The molecule has 0 radical (unpaired) electrons. The molecule has 0 aromatic carbocycles. The largest absolute Gasteiger partial charge is 0.389 e. The first-order valence-electron chi connectivity index (χ1n) is 13.6. The van der Waals surface area contributed by atoms with Crippen molar-refractivity contribution in [1.29, 1.82) is 0 Å². The minimum atomic E-state index is -0.623. The molecule has 0 heterocycles. The number of hydrogen-bond acceptors (Lipinski definition) is 1. The van der Waals surface area contributed by atoms with Gasteiger partial charge in [0.15, 0.2) is 0 Å². The van der Waals surface area contributed by atoms with Gasteiger partial charge in [-0.3, -0.25) is 0 Å². The highest BCUT2D eigenvalue weighted by atomic mass is 16.3. The molecule has 2 saturated carbocycles. The maximum atomic E-state index is 12.3. The molecule has 2 rings (SSSR count). The van der Waals surface area contributed by atoms with Gasteiger partial charge in [0.2, 0.25) is 0 Å².